The first-order valence-electron chi connectivity index (χ1n) is 8.60. The van der Waals surface area contributed by atoms with Crippen LogP contribution in [-0.2, 0) is 6.54 Å². The lowest BCUT2D eigenvalue weighted by molar-refractivity contribution is 0.197. The third-order valence-electron chi connectivity index (χ3n) is 4.47. The molecule has 2 N–H and O–H groups in total. The van der Waals surface area contributed by atoms with Crippen LogP contribution >= 0.6 is 0 Å². The Morgan fingerprint density at radius 3 is 3.08 bits per heavy atom. The summed E-state index contributed by atoms with van der Waals surface area (Å²) in [4.78, 5) is 4.62. The molecule has 2 bridgehead atoms. The molecule has 0 fully saturated rings. The van der Waals surface area contributed by atoms with Crippen molar-refractivity contribution in [2.45, 2.75) is 26.0 Å². The number of fused-ring (bicyclic) bond motifs is 2. The van der Waals surface area contributed by atoms with E-state index in [0.29, 0.717) is 30.3 Å². The zero-order valence-electron chi connectivity index (χ0n) is 14.5. The van der Waals surface area contributed by atoms with E-state index in [2.05, 4.69) is 34.2 Å². The first kappa shape index (κ1) is 16.4. The smallest absolute Gasteiger partial charge is 0.166 e. The summed E-state index contributed by atoms with van der Waals surface area (Å²) in [6.07, 6.45) is 4.31. The Morgan fingerprint density at radius 2 is 2.23 bits per heavy atom. The SMILES string of the molecule is C=C1NC[C@@H](CC)Oc2ccc(F)cc2CNc2ccn3ncc1c3n2. The van der Waals surface area contributed by atoms with E-state index >= 15 is 0 Å². The fraction of sp³-hybridized carbons (Fsp3) is 0.263. The molecule has 0 unspecified atom stereocenters. The summed E-state index contributed by atoms with van der Waals surface area (Å²) in [5.41, 5.74) is 3.04. The van der Waals surface area contributed by atoms with Gasteiger partial charge in [-0.1, -0.05) is 13.5 Å². The molecule has 1 aromatic carbocycles. The highest BCUT2D eigenvalue weighted by Crippen LogP contribution is 2.24. The Morgan fingerprint density at radius 1 is 1.35 bits per heavy atom. The lowest BCUT2D eigenvalue weighted by Crippen LogP contribution is -2.30. The molecule has 1 aliphatic rings. The van der Waals surface area contributed by atoms with E-state index in [-0.39, 0.29) is 11.9 Å². The summed E-state index contributed by atoms with van der Waals surface area (Å²) in [6, 6.07) is 6.41. The van der Waals surface area contributed by atoms with Gasteiger partial charge in [-0.05, 0) is 30.7 Å². The summed E-state index contributed by atoms with van der Waals surface area (Å²) in [5, 5.41) is 10.9. The molecular formula is C19H20FN5O. The van der Waals surface area contributed by atoms with Crippen molar-refractivity contribution in [1.29, 1.82) is 0 Å². The molecule has 7 heteroatoms. The average Bonchev–Trinajstić information content (AvgIpc) is 3.07. The number of nitrogens with one attached hydrogen (secondary N) is 2. The molecular weight excluding hydrogens is 333 g/mol. The Kier molecular flexibility index (Phi) is 4.20. The minimum absolute atomic E-state index is 0.0705. The van der Waals surface area contributed by atoms with E-state index in [1.807, 2.05) is 12.3 Å². The fourth-order valence-corrected chi connectivity index (χ4v) is 2.95. The van der Waals surface area contributed by atoms with Gasteiger partial charge >= 0.3 is 0 Å². The number of nitrogens with zero attached hydrogens (tertiary/aromatic N) is 3. The van der Waals surface area contributed by atoms with Gasteiger partial charge in [-0.2, -0.15) is 5.10 Å². The first-order chi connectivity index (χ1) is 12.6. The maximum atomic E-state index is 13.7. The molecule has 26 heavy (non-hydrogen) atoms. The number of aromatic nitrogens is 3. The van der Waals surface area contributed by atoms with Gasteiger partial charge in [0.05, 0.1) is 18.3 Å². The molecule has 0 amide bonds. The van der Waals surface area contributed by atoms with Crippen LogP contribution in [0.25, 0.3) is 11.3 Å². The lowest BCUT2D eigenvalue weighted by atomic mass is 10.1. The lowest BCUT2D eigenvalue weighted by Gasteiger charge is -2.21. The Balaban J connectivity index is 1.77. The highest BCUT2D eigenvalue weighted by Gasteiger charge is 2.16. The van der Waals surface area contributed by atoms with Crippen LogP contribution in [0.2, 0.25) is 0 Å². The van der Waals surface area contributed by atoms with E-state index in [1.165, 1.54) is 12.1 Å². The van der Waals surface area contributed by atoms with Gasteiger partial charge in [0.15, 0.2) is 5.65 Å². The van der Waals surface area contributed by atoms with Gasteiger partial charge in [0.2, 0.25) is 0 Å². The summed E-state index contributed by atoms with van der Waals surface area (Å²) < 4.78 is 21.6. The number of anilines is 1. The molecule has 0 aliphatic carbocycles. The second-order valence-corrected chi connectivity index (χ2v) is 6.25. The Hall–Kier alpha value is -3.09. The molecule has 1 atom stereocenters. The number of hydrogen-bond acceptors (Lipinski definition) is 5. The third kappa shape index (κ3) is 3.08. The molecule has 134 valence electrons. The fourth-order valence-electron chi connectivity index (χ4n) is 2.95. The molecule has 0 saturated heterocycles. The number of hydrogen-bond donors (Lipinski definition) is 2. The zero-order chi connectivity index (χ0) is 18.1. The molecule has 6 nitrogen and oxygen atoms in total. The van der Waals surface area contributed by atoms with Gasteiger partial charge in [0, 0.05) is 24.0 Å². The van der Waals surface area contributed by atoms with Gasteiger partial charge in [0.25, 0.3) is 0 Å². The van der Waals surface area contributed by atoms with Gasteiger partial charge in [0.1, 0.15) is 23.5 Å². The Labute approximate surface area is 150 Å². The van der Waals surface area contributed by atoms with E-state index < -0.39 is 0 Å². The summed E-state index contributed by atoms with van der Waals surface area (Å²) in [7, 11) is 0. The zero-order valence-corrected chi connectivity index (χ0v) is 14.5. The standard InChI is InChI=1S/C19H20FN5O/c1-3-15-10-21-12(2)16-11-23-25-7-6-18(24-19(16)25)22-9-13-8-14(20)4-5-17(13)26-15/h4-8,11,15,21H,2-3,9-10H2,1H3,(H,22,24)/t15-/m1/s1. The predicted molar refractivity (Wildman–Crippen MR) is 98.5 cm³/mol. The van der Waals surface area contributed by atoms with E-state index in [0.717, 1.165) is 23.2 Å². The Bertz CT molecular complexity index is 968. The molecule has 0 spiro atoms. The monoisotopic (exact) mass is 353 g/mol. The van der Waals surface area contributed by atoms with Crippen molar-refractivity contribution < 1.29 is 9.13 Å². The summed E-state index contributed by atoms with van der Waals surface area (Å²) in [5.74, 6) is 1.05. The van der Waals surface area contributed by atoms with Crippen molar-refractivity contribution >= 4 is 17.2 Å². The van der Waals surface area contributed by atoms with Crippen molar-refractivity contribution in [2.75, 3.05) is 11.9 Å². The average molecular weight is 353 g/mol. The van der Waals surface area contributed by atoms with Crippen LogP contribution < -0.4 is 15.4 Å². The van der Waals surface area contributed by atoms with Gasteiger partial charge < -0.3 is 15.4 Å². The van der Waals surface area contributed by atoms with E-state index in [4.69, 9.17) is 4.74 Å². The molecule has 3 heterocycles. The summed E-state index contributed by atoms with van der Waals surface area (Å²) in [6.45, 7) is 7.15. The maximum absolute atomic E-state index is 13.7. The van der Waals surface area contributed by atoms with Gasteiger partial charge in [-0.25, -0.2) is 13.9 Å². The molecule has 0 saturated carbocycles. The largest absolute Gasteiger partial charge is 0.488 e. The van der Waals surface area contributed by atoms with Crippen LogP contribution in [0.15, 0.2) is 43.2 Å². The third-order valence-corrected chi connectivity index (χ3v) is 4.47. The number of rotatable bonds is 1. The quantitative estimate of drug-likeness (QED) is 0.703. The van der Waals surface area contributed by atoms with Crippen LogP contribution in [0.5, 0.6) is 5.75 Å². The minimum atomic E-state index is -0.292. The molecule has 3 aromatic rings. The van der Waals surface area contributed by atoms with Crippen molar-refractivity contribution in [3.8, 4) is 5.75 Å². The highest BCUT2D eigenvalue weighted by molar-refractivity contribution is 5.73. The molecule has 4 rings (SSSR count). The number of ether oxygens (including phenoxy) is 1. The number of benzene rings is 1. The highest BCUT2D eigenvalue weighted by atomic mass is 19.1. The van der Waals surface area contributed by atoms with Crippen molar-refractivity contribution in [3.05, 3.63) is 60.2 Å². The maximum Gasteiger partial charge on any atom is 0.166 e. The normalized spacial score (nSPS) is 17.3. The van der Waals surface area contributed by atoms with E-state index in [1.54, 1.807) is 16.8 Å². The predicted octanol–water partition coefficient (Wildman–Crippen LogP) is 3.21. The summed E-state index contributed by atoms with van der Waals surface area (Å²) >= 11 is 0. The van der Waals surface area contributed by atoms with Crippen LogP contribution in [0.4, 0.5) is 10.2 Å². The van der Waals surface area contributed by atoms with Crippen molar-refractivity contribution in [2.24, 2.45) is 0 Å². The first-order valence-corrected chi connectivity index (χ1v) is 8.60. The molecule has 1 aliphatic heterocycles. The van der Waals surface area contributed by atoms with Crippen LogP contribution in [0.1, 0.15) is 24.5 Å². The number of halogens is 1. The van der Waals surface area contributed by atoms with E-state index in [9.17, 15) is 4.39 Å². The topological polar surface area (TPSA) is 63.5 Å². The van der Waals surface area contributed by atoms with Crippen molar-refractivity contribution in [3.63, 3.8) is 0 Å². The van der Waals surface area contributed by atoms with Crippen LogP contribution in [-0.4, -0.2) is 27.2 Å². The van der Waals surface area contributed by atoms with Gasteiger partial charge in [-0.3, -0.25) is 0 Å². The van der Waals surface area contributed by atoms with Crippen LogP contribution in [0.3, 0.4) is 0 Å². The minimum Gasteiger partial charge on any atom is -0.488 e. The van der Waals surface area contributed by atoms with Crippen molar-refractivity contribution in [1.82, 2.24) is 19.9 Å². The van der Waals surface area contributed by atoms with Gasteiger partial charge in [-0.15, -0.1) is 0 Å². The van der Waals surface area contributed by atoms with Crippen LogP contribution in [0, 0.1) is 5.82 Å². The second kappa shape index (κ2) is 6.67. The second-order valence-electron chi connectivity index (χ2n) is 6.25. The molecule has 2 aromatic heterocycles. The molecule has 0 radical (unpaired) electrons.